The van der Waals surface area contributed by atoms with Gasteiger partial charge in [0.2, 0.25) is 5.91 Å². The summed E-state index contributed by atoms with van der Waals surface area (Å²) in [6.07, 6.45) is 6.89. The van der Waals surface area contributed by atoms with Crippen LogP contribution < -0.4 is 15.6 Å². The van der Waals surface area contributed by atoms with Gasteiger partial charge >= 0.3 is 0 Å². The van der Waals surface area contributed by atoms with Gasteiger partial charge in [-0.05, 0) is 62.4 Å². The number of aryl methyl sites for hydroxylation is 1. The molecule has 1 aromatic heterocycles. The van der Waals surface area contributed by atoms with Gasteiger partial charge in [-0.25, -0.2) is 9.99 Å². The molecule has 2 unspecified atom stereocenters. The number of hydrogen-bond donors (Lipinski definition) is 2. The maximum absolute atomic E-state index is 13.2. The Bertz CT molecular complexity index is 1050. The van der Waals surface area contributed by atoms with E-state index in [2.05, 4.69) is 26.9 Å². The lowest BCUT2D eigenvalue weighted by Gasteiger charge is -2.24. The first-order chi connectivity index (χ1) is 14.8. The van der Waals surface area contributed by atoms with Crippen LogP contribution in [0.15, 0.2) is 35.6 Å². The smallest absolute Gasteiger partial charge is 0.253 e. The van der Waals surface area contributed by atoms with Gasteiger partial charge in [0, 0.05) is 23.7 Å². The maximum Gasteiger partial charge on any atom is 0.253 e. The number of nitrogens with zero attached hydrogens (tertiary/aromatic N) is 3. The summed E-state index contributed by atoms with van der Waals surface area (Å²) in [5.41, 5.74) is 1.44. The number of anilines is 2. The van der Waals surface area contributed by atoms with E-state index in [1.165, 1.54) is 5.01 Å². The fraction of sp³-hybridized carbons (Fsp3) is 0.364. The number of carbonyl (C=O) groups excluding carboxylic acids is 2. The van der Waals surface area contributed by atoms with E-state index in [0.717, 1.165) is 12.8 Å². The number of benzene rings is 1. The van der Waals surface area contributed by atoms with Crippen molar-refractivity contribution in [2.75, 3.05) is 10.3 Å². The summed E-state index contributed by atoms with van der Waals surface area (Å²) in [6, 6.07) is 6.04. The summed E-state index contributed by atoms with van der Waals surface area (Å²) < 4.78 is 0. The minimum absolute atomic E-state index is 0.0648. The number of hydrogen-bond acceptors (Lipinski definition) is 5. The van der Waals surface area contributed by atoms with Crippen molar-refractivity contribution in [3.8, 4) is 0 Å². The van der Waals surface area contributed by atoms with Gasteiger partial charge in [0.05, 0.1) is 22.5 Å². The predicted octanol–water partition coefficient (Wildman–Crippen LogP) is 4.31. The van der Waals surface area contributed by atoms with Crippen molar-refractivity contribution in [1.82, 2.24) is 10.3 Å². The summed E-state index contributed by atoms with van der Waals surface area (Å²) in [7, 11) is 0. The molecular formula is C22H22Cl2N5O2. The van der Waals surface area contributed by atoms with E-state index < -0.39 is 6.04 Å². The normalized spacial score (nSPS) is 18.7. The zero-order chi connectivity index (χ0) is 22.1. The van der Waals surface area contributed by atoms with Crippen molar-refractivity contribution in [3.63, 3.8) is 0 Å². The highest BCUT2D eigenvalue weighted by molar-refractivity contribution is 6.33. The van der Waals surface area contributed by atoms with Crippen molar-refractivity contribution in [3.05, 3.63) is 51.6 Å². The number of amides is 2. The molecule has 7 nitrogen and oxygen atoms in total. The van der Waals surface area contributed by atoms with Crippen LogP contribution in [-0.2, 0) is 4.79 Å². The highest BCUT2D eigenvalue weighted by atomic mass is 35.5. The lowest BCUT2D eigenvalue weighted by molar-refractivity contribution is -0.117. The molecule has 1 aliphatic heterocycles. The first kappa shape index (κ1) is 21.6. The van der Waals surface area contributed by atoms with Gasteiger partial charge in [0.1, 0.15) is 6.04 Å². The van der Waals surface area contributed by atoms with E-state index in [0.29, 0.717) is 38.6 Å². The van der Waals surface area contributed by atoms with Gasteiger partial charge < -0.3 is 10.6 Å². The Morgan fingerprint density at radius 3 is 2.77 bits per heavy atom. The number of halogens is 2. The zero-order valence-corrected chi connectivity index (χ0v) is 18.7. The fourth-order valence-electron chi connectivity index (χ4n) is 3.60. The molecular weight excluding hydrogens is 437 g/mol. The first-order valence-electron chi connectivity index (χ1n) is 10.1. The Hall–Kier alpha value is -2.64. The minimum Gasteiger partial charge on any atom is -0.349 e. The third kappa shape index (κ3) is 4.67. The van der Waals surface area contributed by atoms with E-state index in [9.17, 15) is 9.59 Å². The molecule has 2 N–H and O–H groups in total. The Morgan fingerprint density at radius 2 is 2.06 bits per heavy atom. The summed E-state index contributed by atoms with van der Waals surface area (Å²) in [6.45, 7) is 3.79. The van der Waals surface area contributed by atoms with Crippen molar-refractivity contribution >= 4 is 52.7 Å². The average molecular weight is 459 g/mol. The van der Waals surface area contributed by atoms with E-state index >= 15 is 0 Å². The second-order valence-electron chi connectivity index (χ2n) is 7.87. The molecule has 2 aromatic rings. The van der Waals surface area contributed by atoms with E-state index in [1.807, 2.05) is 6.92 Å². The molecule has 0 saturated heterocycles. The Labute approximate surface area is 190 Å². The number of pyridine rings is 1. The number of hydrazone groups is 1. The van der Waals surface area contributed by atoms with Crippen LogP contribution in [0.25, 0.3) is 0 Å². The summed E-state index contributed by atoms with van der Waals surface area (Å²) >= 11 is 12.4. The molecule has 2 heterocycles. The number of rotatable bonds is 6. The van der Waals surface area contributed by atoms with Gasteiger partial charge in [-0.2, -0.15) is 5.10 Å². The molecule has 161 valence electrons. The highest BCUT2D eigenvalue weighted by Crippen LogP contribution is 2.33. The van der Waals surface area contributed by atoms with Crippen LogP contribution in [0.4, 0.5) is 11.5 Å². The largest absolute Gasteiger partial charge is 0.349 e. The Morgan fingerprint density at radius 1 is 1.29 bits per heavy atom. The topological polar surface area (TPSA) is 86.7 Å². The van der Waals surface area contributed by atoms with Crippen molar-refractivity contribution in [2.45, 2.75) is 45.2 Å². The van der Waals surface area contributed by atoms with Crippen LogP contribution in [0.3, 0.4) is 0 Å². The van der Waals surface area contributed by atoms with Gasteiger partial charge in [-0.3, -0.25) is 9.59 Å². The predicted molar refractivity (Wildman–Crippen MR) is 122 cm³/mol. The van der Waals surface area contributed by atoms with E-state index in [4.69, 9.17) is 23.2 Å². The van der Waals surface area contributed by atoms with Crippen molar-refractivity contribution in [2.24, 2.45) is 11.0 Å². The number of carbonyl (C=O) groups is 2. The molecule has 9 heteroatoms. The molecule has 0 spiro atoms. The van der Waals surface area contributed by atoms with Crippen LogP contribution in [0.2, 0.25) is 10.0 Å². The average Bonchev–Trinajstić information content (AvgIpc) is 3.47. The van der Waals surface area contributed by atoms with Crippen LogP contribution in [0.1, 0.15) is 42.1 Å². The van der Waals surface area contributed by atoms with Crippen molar-refractivity contribution in [1.29, 1.82) is 0 Å². The molecule has 1 aromatic carbocycles. The second kappa shape index (κ2) is 8.85. The van der Waals surface area contributed by atoms with E-state index in [-0.39, 0.29) is 24.3 Å². The van der Waals surface area contributed by atoms with E-state index in [1.54, 1.807) is 37.4 Å². The highest BCUT2D eigenvalue weighted by Gasteiger charge is 2.33. The lowest BCUT2D eigenvalue weighted by Crippen LogP contribution is -2.40. The summed E-state index contributed by atoms with van der Waals surface area (Å²) in [4.78, 5) is 30.4. The van der Waals surface area contributed by atoms with Gasteiger partial charge in [-0.1, -0.05) is 23.2 Å². The third-order valence-corrected chi connectivity index (χ3v) is 6.01. The molecule has 1 radical (unpaired) electrons. The Balaban J connectivity index is 1.57. The zero-order valence-electron chi connectivity index (χ0n) is 17.2. The monoisotopic (exact) mass is 458 g/mol. The molecule has 1 aliphatic carbocycles. The van der Waals surface area contributed by atoms with Crippen LogP contribution >= 0.6 is 23.2 Å². The SMILES string of the molecule is Cc1cc(Cl)cc(C(=O)NC(C)C2CC2)c1NC(=O)C1C[C]=NN1c1ncccc1Cl. The fourth-order valence-corrected chi connectivity index (χ4v) is 4.08. The Kier molecular flexibility index (Phi) is 6.16. The molecule has 2 amide bonds. The quantitative estimate of drug-likeness (QED) is 0.674. The third-order valence-electron chi connectivity index (χ3n) is 5.50. The minimum atomic E-state index is -0.691. The second-order valence-corrected chi connectivity index (χ2v) is 8.71. The van der Waals surface area contributed by atoms with Crippen LogP contribution in [0, 0.1) is 12.8 Å². The van der Waals surface area contributed by atoms with Gasteiger partial charge in [-0.15, -0.1) is 0 Å². The molecule has 1 fully saturated rings. The summed E-state index contributed by atoms with van der Waals surface area (Å²) in [5.74, 6) is 0.271. The molecule has 0 bridgehead atoms. The molecule has 2 aliphatic rings. The van der Waals surface area contributed by atoms with Gasteiger partial charge in [0.15, 0.2) is 5.82 Å². The van der Waals surface area contributed by atoms with Crippen molar-refractivity contribution < 1.29 is 9.59 Å². The lowest BCUT2D eigenvalue weighted by atomic mass is 10.1. The van der Waals surface area contributed by atoms with Gasteiger partial charge in [0.25, 0.3) is 5.91 Å². The van der Waals surface area contributed by atoms with Crippen LogP contribution in [0.5, 0.6) is 0 Å². The number of aromatic nitrogens is 1. The molecule has 2 atom stereocenters. The standard InChI is InChI=1S/C22H22Cl2N5O2/c1-12-10-15(23)11-16(21(30)27-13(2)14-5-6-14)19(12)28-22(31)18-7-9-26-29(18)20-17(24)4-3-8-25-20/h3-4,8,10-11,13-14,18H,5-7H2,1-2H3,(H,27,30)(H,28,31). The van der Waals surface area contributed by atoms with Crippen LogP contribution in [-0.4, -0.2) is 35.1 Å². The molecule has 4 rings (SSSR count). The summed E-state index contributed by atoms with van der Waals surface area (Å²) in [5, 5.41) is 12.3. The number of nitrogens with one attached hydrogen (secondary N) is 2. The maximum atomic E-state index is 13.2. The molecule has 31 heavy (non-hydrogen) atoms. The first-order valence-corrected chi connectivity index (χ1v) is 10.9. The molecule has 1 saturated carbocycles.